The minimum atomic E-state index is -0.539. The fraction of sp³-hybridized carbons (Fsp3) is 0.688. The summed E-state index contributed by atoms with van der Waals surface area (Å²) in [5, 5.41) is 0. The molecule has 0 aliphatic carbocycles. The number of amides is 1. The highest BCUT2D eigenvalue weighted by Crippen LogP contribution is 2.25. The summed E-state index contributed by atoms with van der Waals surface area (Å²) >= 11 is 2.14. The van der Waals surface area contributed by atoms with Crippen molar-refractivity contribution in [2.75, 3.05) is 19.8 Å². The Bertz CT molecular complexity index is 553. The van der Waals surface area contributed by atoms with Crippen LogP contribution < -0.4 is 0 Å². The predicted molar refractivity (Wildman–Crippen MR) is 93.8 cm³/mol. The molecule has 0 radical (unpaired) electrons. The molecule has 0 saturated carbocycles. The molecular formula is C16H22INO6. The van der Waals surface area contributed by atoms with Gasteiger partial charge in [0.15, 0.2) is 0 Å². The van der Waals surface area contributed by atoms with Crippen molar-refractivity contribution in [1.82, 2.24) is 4.90 Å². The van der Waals surface area contributed by atoms with E-state index >= 15 is 0 Å². The first-order valence-corrected chi connectivity index (χ1v) is 9.07. The summed E-state index contributed by atoms with van der Waals surface area (Å²) in [6.07, 6.45) is 2.01. The molecule has 2 saturated heterocycles. The van der Waals surface area contributed by atoms with Gasteiger partial charge in [0, 0.05) is 22.5 Å². The molecule has 2 aliphatic rings. The zero-order valence-corrected chi connectivity index (χ0v) is 16.2. The van der Waals surface area contributed by atoms with Gasteiger partial charge in [0.25, 0.3) is 0 Å². The van der Waals surface area contributed by atoms with Crippen LogP contribution in [0.25, 0.3) is 0 Å². The number of esters is 2. The zero-order valence-electron chi connectivity index (χ0n) is 14.0. The smallest absolute Gasteiger partial charge is 0.410 e. The van der Waals surface area contributed by atoms with Crippen molar-refractivity contribution in [3.8, 4) is 0 Å². The Hall–Kier alpha value is -1.32. The number of carbonyl (C=O) groups is 3. The Kier molecular flexibility index (Phi) is 6.11. The number of hydrogen-bond donors (Lipinski definition) is 0. The van der Waals surface area contributed by atoms with Gasteiger partial charge in [0.2, 0.25) is 0 Å². The second kappa shape index (κ2) is 7.71. The van der Waals surface area contributed by atoms with E-state index in [4.69, 9.17) is 14.2 Å². The van der Waals surface area contributed by atoms with Crippen molar-refractivity contribution in [1.29, 1.82) is 0 Å². The Morgan fingerprint density at radius 1 is 1.42 bits per heavy atom. The number of nitrogens with zero attached hydrogens (tertiary/aromatic N) is 1. The summed E-state index contributed by atoms with van der Waals surface area (Å²) in [4.78, 5) is 36.9. The van der Waals surface area contributed by atoms with Crippen molar-refractivity contribution in [2.45, 2.75) is 49.2 Å². The number of hydrogen-bond acceptors (Lipinski definition) is 6. The van der Waals surface area contributed by atoms with Gasteiger partial charge >= 0.3 is 18.0 Å². The summed E-state index contributed by atoms with van der Waals surface area (Å²) in [5.41, 5.74) is 0.0353. The molecular weight excluding hydrogens is 429 g/mol. The van der Waals surface area contributed by atoms with E-state index in [0.29, 0.717) is 18.6 Å². The number of halogens is 1. The van der Waals surface area contributed by atoms with Crippen LogP contribution in [0.1, 0.15) is 33.6 Å². The van der Waals surface area contributed by atoms with Gasteiger partial charge in [-0.15, -0.1) is 0 Å². The number of alkyl halides is 1. The van der Waals surface area contributed by atoms with E-state index in [2.05, 4.69) is 22.6 Å². The summed E-state index contributed by atoms with van der Waals surface area (Å²) in [7, 11) is 0. The lowest BCUT2D eigenvalue weighted by Crippen LogP contribution is -2.41. The maximum absolute atomic E-state index is 12.0. The third kappa shape index (κ3) is 5.09. The lowest BCUT2D eigenvalue weighted by molar-refractivity contribution is -0.154. The van der Waals surface area contributed by atoms with Gasteiger partial charge in [-0.2, -0.15) is 0 Å². The third-order valence-corrected chi connectivity index (χ3v) is 4.88. The lowest BCUT2D eigenvalue weighted by Gasteiger charge is -2.25. The molecule has 0 bridgehead atoms. The van der Waals surface area contributed by atoms with Gasteiger partial charge in [-0.1, -0.05) is 28.7 Å². The fourth-order valence-electron chi connectivity index (χ4n) is 2.50. The highest BCUT2D eigenvalue weighted by molar-refractivity contribution is 14.1. The molecule has 0 aromatic carbocycles. The summed E-state index contributed by atoms with van der Waals surface area (Å²) in [6.45, 7) is 6.31. The lowest BCUT2D eigenvalue weighted by atomic mass is 10.1. The zero-order chi connectivity index (χ0) is 17.9. The average Bonchev–Trinajstić information content (AvgIpc) is 3.00. The van der Waals surface area contributed by atoms with Crippen LogP contribution in [-0.2, 0) is 23.8 Å². The second-order valence-electron chi connectivity index (χ2n) is 6.72. The average molecular weight is 451 g/mol. The van der Waals surface area contributed by atoms with Crippen molar-refractivity contribution in [2.24, 2.45) is 0 Å². The topological polar surface area (TPSA) is 82.1 Å². The molecule has 24 heavy (non-hydrogen) atoms. The Balaban J connectivity index is 1.96. The highest BCUT2D eigenvalue weighted by Gasteiger charge is 2.38. The first-order chi connectivity index (χ1) is 11.2. The fourth-order valence-corrected chi connectivity index (χ4v) is 3.45. The van der Waals surface area contributed by atoms with Crippen LogP contribution >= 0.6 is 22.6 Å². The summed E-state index contributed by atoms with van der Waals surface area (Å²) in [6, 6.07) is -0.236. The van der Waals surface area contributed by atoms with Gasteiger partial charge in [0.05, 0.1) is 19.1 Å². The van der Waals surface area contributed by atoms with E-state index in [0.717, 1.165) is 0 Å². The van der Waals surface area contributed by atoms with Gasteiger partial charge in [-0.3, -0.25) is 9.69 Å². The third-order valence-electron chi connectivity index (χ3n) is 3.61. The van der Waals surface area contributed by atoms with Crippen molar-refractivity contribution >= 4 is 40.6 Å². The first-order valence-electron chi connectivity index (χ1n) is 7.83. The Labute approximate surface area is 154 Å². The van der Waals surface area contributed by atoms with Crippen LogP contribution in [0.5, 0.6) is 0 Å². The summed E-state index contributed by atoms with van der Waals surface area (Å²) in [5.74, 6) is -0.641. The molecule has 0 N–H and O–H groups in total. The van der Waals surface area contributed by atoms with Crippen LogP contribution in [-0.4, -0.2) is 58.3 Å². The minimum absolute atomic E-state index is 0.141. The van der Waals surface area contributed by atoms with E-state index in [1.165, 1.54) is 0 Å². The molecule has 7 nitrogen and oxygen atoms in total. The summed E-state index contributed by atoms with van der Waals surface area (Å²) < 4.78 is 15.2. The van der Waals surface area contributed by atoms with Crippen molar-refractivity contribution in [3.05, 3.63) is 11.6 Å². The molecule has 2 atom stereocenters. The van der Waals surface area contributed by atoms with Gasteiger partial charge in [-0.05, 0) is 20.8 Å². The second-order valence-corrected chi connectivity index (χ2v) is 8.32. The van der Waals surface area contributed by atoms with Crippen LogP contribution in [0.15, 0.2) is 11.6 Å². The van der Waals surface area contributed by atoms with E-state index < -0.39 is 11.7 Å². The highest BCUT2D eigenvalue weighted by atomic mass is 127. The molecule has 1 unspecified atom stereocenters. The molecule has 2 aliphatic heterocycles. The number of cyclic esters (lactones) is 2. The molecule has 2 fully saturated rings. The van der Waals surface area contributed by atoms with Gasteiger partial charge < -0.3 is 14.2 Å². The number of rotatable bonds is 5. The number of carbonyl (C=O) groups excluding carboxylic acids is 3. The first kappa shape index (κ1) is 19.0. The maximum atomic E-state index is 12.0. The molecule has 0 aromatic heterocycles. The molecule has 0 spiro atoms. The standard InChI is InChI=1S/C16H22INO6/c1-16(2,3)24-13(19)8-11(17)12-9-23-15(21)18(12)6-4-10-5-7-22-14(10)20/h4,11-12H,5-9H2,1-3H3/t11?,12-/m1/s1. The van der Waals surface area contributed by atoms with Gasteiger partial charge in [0.1, 0.15) is 12.2 Å². The quantitative estimate of drug-likeness (QED) is 0.210. The SMILES string of the molecule is CC(C)(C)OC(=O)CC(I)[C@H]1COC(=O)N1CC=C1CCOC1=O. The Morgan fingerprint density at radius 2 is 2.12 bits per heavy atom. The molecule has 1 amide bonds. The van der Waals surface area contributed by atoms with Gasteiger partial charge in [-0.25, -0.2) is 9.59 Å². The largest absolute Gasteiger partial charge is 0.462 e. The normalized spacial score (nSPS) is 24.1. The van der Waals surface area contributed by atoms with E-state index in [1.807, 2.05) is 20.8 Å². The van der Waals surface area contributed by atoms with E-state index in [1.54, 1.807) is 11.0 Å². The van der Waals surface area contributed by atoms with Crippen LogP contribution in [0, 0.1) is 0 Å². The Morgan fingerprint density at radius 3 is 2.71 bits per heavy atom. The van der Waals surface area contributed by atoms with Crippen LogP contribution in [0.3, 0.4) is 0 Å². The molecule has 0 aromatic rings. The minimum Gasteiger partial charge on any atom is -0.462 e. The molecule has 2 rings (SSSR count). The monoisotopic (exact) mass is 451 g/mol. The van der Waals surface area contributed by atoms with E-state index in [9.17, 15) is 14.4 Å². The molecule has 2 heterocycles. The van der Waals surface area contributed by atoms with Crippen LogP contribution in [0.2, 0.25) is 0 Å². The van der Waals surface area contributed by atoms with Crippen molar-refractivity contribution in [3.63, 3.8) is 0 Å². The number of ether oxygens (including phenoxy) is 3. The van der Waals surface area contributed by atoms with E-state index in [-0.39, 0.29) is 41.5 Å². The van der Waals surface area contributed by atoms with Crippen molar-refractivity contribution < 1.29 is 28.6 Å². The molecule has 134 valence electrons. The van der Waals surface area contributed by atoms with Crippen LogP contribution in [0.4, 0.5) is 4.79 Å². The maximum Gasteiger partial charge on any atom is 0.410 e. The predicted octanol–water partition coefficient (Wildman–Crippen LogP) is 2.22. The molecule has 8 heteroatoms.